The molecule has 30 heavy (non-hydrogen) atoms. The number of amides is 1. The minimum Gasteiger partial charge on any atom is -0.493 e. The van der Waals surface area contributed by atoms with Gasteiger partial charge in [-0.2, -0.15) is 0 Å². The number of fused-ring (bicyclic) bond motifs is 1. The molecular formula is C22H20N2O5S. The van der Waals surface area contributed by atoms with Crippen molar-refractivity contribution in [3.8, 4) is 22.1 Å². The highest BCUT2D eigenvalue weighted by Crippen LogP contribution is 2.35. The molecule has 8 heteroatoms. The molecule has 2 heterocycles. The van der Waals surface area contributed by atoms with Crippen molar-refractivity contribution in [1.29, 1.82) is 0 Å². The van der Waals surface area contributed by atoms with Crippen molar-refractivity contribution in [3.63, 3.8) is 0 Å². The number of thiazole rings is 1. The van der Waals surface area contributed by atoms with E-state index in [-0.39, 0.29) is 11.9 Å². The fourth-order valence-corrected chi connectivity index (χ4v) is 4.26. The van der Waals surface area contributed by atoms with Gasteiger partial charge in [-0.15, -0.1) is 11.3 Å². The Kier molecular flexibility index (Phi) is 5.41. The summed E-state index contributed by atoms with van der Waals surface area (Å²) >= 11 is 1.40. The van der Waals surface area contributed by atoms with E-state index < -0.39 is 0 Å². The fourth-order valence-electron chi connectivity index (χ4n) is 3.47. The summed E-state index contributed by atoms with van der Waals surface area (Å²) in [5.74, 6) is 0.686. The summed E-state index contributed by atoms with van der Waals surface area (Å²) in [5.41, 5.74) is 3.46. The van der Waals surface area contributed by atoms with E-state index in [0.29, 0.717) is 35.7 Å². The van der Waals surface area contributed by atoms with Crippen LogP contribution in [0.15, 0.2) is 41.8 Å². The molecule has 1 aliphatic rings. The molecule has 0 bridgehead atoms. The molecule has 0 saturated carbocycles. The Morgan fingerprint density at radius 1 is 1.03 bits per heavy atom. The summed E-state index contributed by atoms with van der Waals surface area (Å²) < 4.78 is 15.4. The molecule has 0 radical (unpaired) electrons. The first kappa shape index (κ1) is 19.9. The number of carbonyl (C=O) groups is 2. The molecule has 0 atom stereocenters. The Morgan fingerprint density at radius 2 is 1.83 bits per heavy atom. The first-order chi connectivity index (χ1) is 14.5. The maximum atomic E-state index is 13.1. The Labute approximate surface area is 177 Å². The van der Waals surface area contributed by atoms with E-state index in [9.17, 15) is 9.59 Å². The number of ether oxygens (including phenoxy) is 3. The highest BCUT2D eigenvalue weighted by Gasteiger charge is 2.28. The van der Waals surface area contributed by atoms with Gasteiger partial charge in [-0.05, 0) is 48.4 Å². The van der Waals surface area contributed by atoms with E-state index in [0.717, 1.165) is 21.8 Å². The molecule has 1 amide bonds. The Balaban J connectivity index is 1.58. The van der Waals surface area contributed by atoms with Crippen LogP contribution in [0.1, 0.15) is 26.4 Å². The second-order valence-corrected chi connectivity index (χ2v) is 7.51. The first-order valence-electron chi connectivity index (χ1n) is 9.26. The molecule has 0 fully saturated rings. The third-order valence-corrected chi connectivity index (χ3v) is 5.89. The molecule has 0 saturated heterocycles. The predicted octanol–water partition coefficient (Wildman–Crippen LogP) is 3.82. The zero-order valence-corrected chi connectivity index (χ0v) is 17.6. The van der Waals surface area contributed by atoms with Crippen molar-refractivity contribution in [1.82, 2.24) is 4.98 Å². The molecular weight excluding hydrogens is 404 g/mol. The number of nitrogens with zero attached hydrogens (tertiary/aromatic N) is 2. The lowest BCUT2D eigenvalue weighted by Gasteiger charge is -2.16. The van der Waals surface area contributed by atoms with Gasteiger partial charge >= 0.3 is 5.97 Å². The van der Waals surface area contributed by atoms with Crippen LogP contribution in [0.2, 0.25) is 0 Å². The molecule has 0 unspecified atom stereocenters. The van der Waals surface area contributed by atoms with Crippen LogP contribution < -0.4 is 14.4 Å². The minimum absolute atomic E-state index is 0.164. The standard InChI is InChI=1S/C22H20N2O5S/c1-27-18-7-5-14(11-19(18)28-2)20-23-16(12-30-20)21(25)24-9-8-13-10-15(22(26)29-3)4-6-17(13)24/h4-7,10-12H,8-9H2,1-3H3. The van der Waals surface area contributed by atoms with Gasteiger partial charge < -0.3 is 19.1 Å². The van der Waals surface area contributed by atoms with Crippen LogP contribution >= 0.6 is 11.3 Å². The minimum atomic E-state index is -0.387. The van der Waals surface area contributed by atoms with Gasteiger partial charge in [0.25, 0.3) is 5.91 Å². The van der Waals surface area contributed by atoms with Crippen LogP contribution in [0.3, 0.4) is 0 Å². The fraction of sp³-hybridized carbons (Fsp3) is 0.227. The Morgan fingerprint density at radius 3 is 2.57 bits per heavy atom. The monoisotopic (exact) mass is 424 g/mol. The summed E-state index contributed by atoms with van der Waals surface area (Å²) in [6, 6.07) is 10.8. The molecule has 3 aromatic rings. The van der Waals surface area contributed by atoms with Crippen molar-refractivity contribution in [2.45, 2.75) is 6.42 Å². The maximum Gasteiger partial charge on any atom is 0.337 e. The van der Waals surface area contributed by atoms with Crippen molar-refractivity contribution >= 4 is 28.9 Å². The van der Waals surface area contributed by atoms with Crippen LogP contribution in [0.5, 0.6) is 11.5 Å². The number of anilines is 1. The summed E-state index contributed by atoms with van der Waals surface area (Å²) in [6.45, 7) is 0.544. The van der Waals surface area contributed by atoms with E-state index in [4.69, 9.17) is 14.2 Å². The second-order valence-electron chi connectivity index (χ2n) is 6.65. The second kappa shape index (κ2) is 8.16. The number of rotatable bonds is 5. The average Bonchev–Trinajstić information content (AvgIpc) is 3.44. The van der Waals surface area contributed by atoms with Crippen molar-refractivity contribution in [3.05, 3.63) is 58.6 Å². The lowest BCUT2D eigenvalue weighted by molar-refractivity contribution is 0.0600. The molecule has 4 rings (SSSR count). The molecule has 7 nitrogen and oxygen atoms in total. The lowest BCUT2D eigenvalue weighted by Crippen LogP contribution is -2.29. The molecule has 2 aromatic carbocycles. The Bertz CT molecular complexity index is 1120. The highest BCUT2D eigenvalue weighted by molar-refractivity contribution is 7.13. The van der Waals surface area contributed by atoms with Gasteiger partial charge in [-0.25, -0.2) is 9.78 Å². The number of methoxy groups -OCH3 is 3. The van der Waals surface area contributed by atoms with Gasteiger partial charge in [0.1, 0.15) is 10.7 Å². The highest BCUT2D eigenvalue weighted by atomic mass is 32.1. The summed E-state index contributed by atoms with van der Waals surface area (Å²) in [6.07, 6.45) is 0.679. The van der Waals surface area contributed by atoms with Gasteiger partial charge in [0.15, 0.2) is 11.5 Å². The van der Waals surface area contributed by atoms with Crippen molar-refractivity contribution in [2.24, 2.45) is 0 Å². The molecule has 1 aromatic heterocycles. The van der Waals surface area contributed by atoms with Crippen LogP contribution in [-0.2, 0) is 11.2 Å². The summed E-state index contributed by atoms with van der Waals surface area (Å²) in [4.78, 5) is 31.1. The van der Waals surface area contributed by atoms with Gasteiger partial charge in [0, 0.05) is 23.2 Å². The van der Waals surface area contributed by atoms with E-state index >= 15 is 0 Å². The number of hydrogen-bond acceptors (Lipinski definition) is 7. The Hall–Kier alpha value is -3.39. The third-order valence-electron chi connectivity index (χ3n) is 5.00. The zero-order valence-electron chi connectivity index (χ0n) is 16.8. The van der Waals surface area contributed by atoms with Crippen LogP contribution in [0.25, 0.3) is 10.6 Å². The van der Waals surface area contributed by atoms with E-state index in [2.05, 4.69) is 4.98 Å². The normalized spacial score (nSPS) is 12.4. The van der Waals surface area contributed by atoms with Gasteiger partial charge in [0.05, 0.1) is 26.9 Å². The number of hydrogen-bond donors (Lipinski definition) is 0. The quantitative estimate of drug-likeness (QED) is 0.580. The SMILES string of the molecule is COC(=O)c1ccc2c(c1)CCN2C(=O)c1csc(-c2ccc(OC)c(OC)c2)n1. The summed E-state index contributed by atoms with van der Waals surface area (Å²) in [5, 5.41) is 2.48. The zero-order chi connectivity index (χ0) is 21.3. The number of benzene rings is 2. The molecule has 0 spiro atoms. The van der Waals surface area contributed by atoms with Gasteiger partial charge in [-0.3, -0.25) is 4.79 Å². The van der Waals surface area contributed by atoms with Gasteiger partial charge in [-0.1, -0.05) is 0 Å². The molecule has 1 aliphatic heterocycles. The molecule has 0 N–H and O–H groups in total. The topological polar surface area (TPSA) is 78.0 Å². The van der Waals surface area contributed by atoms with Crippen LogP contribution in [0.4, 0.5) is 5.69 Å². The number of esters is 1. The van der Waals surface area contributed by atoms with Crippen molar-refractivity contribution in [2.75, 3.05) is 32.8 Å². The molecule has 154 valence electrons. The van der Waals surface area contributed by atoms with Crippen LogP contribution in [-0.4, -0.2) is 44.7 Å². The molecule has 0 aliphatic carbocycles. The smallest absolute Gasteiger partial charge is 0.337 e. The largest absolute Gasteiger partial charge is 0.493 e. The summed E-state index contributed by atoms with van der Waals surface area (Å²) in [7, 11) is 4.51. The van der Waals surface area contributed by atoms with Crippen molar-refractivity contribution < 1.29 is 23.8 Å². The lowest BCUT2D eigenvalue weighted by atomic mass is 10.1. The average molecular weight is 424 g/mol. The maximum absolute atomic E-state index is 13.1. The van der Waals surface area contributed by atoms with E-state index in [1.165, 1.54) is 18.4 Å². The third kappa shape index (κ3) is 3.50. The first-order valence-corrected chi connectivity index (χ1v) is 10.1. The number of aromatic nitrogens is 1. The van der Waals surface area contributed by atoms with E-state index in [1.54, 1.807) is 42.7 Å². The number of carbonyl (C=O) groups excluding carboxylic acids is 2. The predicted molar refractivity (Wildman–Crippen MR) is 114 cm³/mol. The van der Waals surface area contributed by atoms with Gasteiger partial charge in [0.2, 0.25) is 0 Å². The van der Waals surface area contributed by atoms with Crippen LogP contribution in [0, 0.1) is 0 Å². The van der Waals surface area contributed by atoms with E-state index in [1.807, 2.05) is 18.2 Å².